The summed E-state index contributed by atoms with van der Waals surface area (Å²) in [5, 5.41) is 14.4. The summed E-state index contributed by atoms with van der Waals surface area (Å²) in [6, 6.07) is 27.2. The maximum Gasteiger partial charge on any atom is 0.785 e. The number of fused-ring (bicyclic) bond motifs is 2. The van der Waals surface area contributed by atoms with Crippen LogP contribution in [-0.4, -0.2) is 12.3 Å². The molecule has 1 N–H and O–H groups in total. The third kappa shape index (κ3) is 2.92. The molecule has 3 nitrogen and oxygen atoms in total. The van der Waals surface area contributed by atoms with Gasteiger partial charge in [-0.1, -0.05) is 54.6 Å². The standard InChI is InChI=1S/C20H15BO3/c22-21(23-18-10-2-1-3-11-18)24-20-12-6-9-17-13-15-7-4-5-8-16(15)14-19(17)20/h1-14,22H. The van der Waals surface area contributed by atoms with Crippen molar-refractivity contribution in [3.8, 4) is 11.5 Å². The lowest BCUT2D eigenvalue weighted by atomic mass is 10.0. The Hall–Kier alpha value is -2.98. The summed E-state index contributed by atoms with van der Waals surface area (Å²) in [5.74, 6) is 1.14. The molecule has 24 heavy (non-hydrogen) atoms. The fraction of sp³-hybridized carbons (Fsp3) is 0. The molecule has 4 heteroatoms. The van der Waals surface area contributed by atoms with Gasteiger partial charge in [0.05, 0.1) is 0 Å². The second-order valence-electron chi connectivity index (χ2n) is 5.53. The molecule has 0 aliphatic rings. The van der Waals surface area contributed by atoms with Crippen molar-refractivity contribution in [1.29, 1.82) is 0 Å². The van der Waals surface area contributed by atoms with Gasteiger partial charge in [-0.2, -0.15) is 0 Å². The van der Waals surface area contributed by atoms with Crippen molar-refractivity contribution in [3.05, 3.63) is 84.9 Å². The molecule has 0 unspecified atom stereocenters. The van der Waals surface area contributed by atoms with Gasteiger partial charge in [-0.3, -0.25) is 0 Å². The van der Waals surface area contributed by atoms with E-state index in [0.717, 1.165) is 16.2 Å². The van der Waals surface area contributed by atoms with Crippen LogP contribution in [0.25, 0.3) is 21.5 Å². The maximum absolute atomic E-state index is 10.1. The predicted molar refractivity (Wildman–Crippen MR) is 97.1 cm³/mol. The highest BCUT2D eigenvalue weighted by Crippen LogP contribution is 2.30. The first-order valence-corrected chi connectivity index (χ1v) is 7.77. The average Bonchev–Trinajstić information content (AvgIpc) is 2.61. The van der Waals surface area contributed by atoms with Gasteiger partial charge in [0, 0.05) is 5.39 Å². The number of rotatable bonds is 4. The van der Waals surface area contributed by atoms with Crippen LogP contribution in [-0.2, 0) is 0 Å². The molecule has 116 valence electrons. The fourth-order valence-corrected chi connectivity index (χ4v) is 2.79. The number of para-hydroxylation sites is 1. The van der Waals surface area contributed by atoms with Crippen LogP contribution >= 0.6 is 0 Å². The Morgan fingerprint density at radius 2 is 1.29 bits per heavy atom. The SMILES string of the molecule is OB(Oc1ccccc1)Oc1cccc2cc3ccccc3cc12. The first kappa shape index (κ1) is 14.6. The van der Waals surface area contributed by atoms with Crippen LogP contribution in [0.4, 0.5) is 0 Å². The Bertz CT molecular complexity index is 986. The number of benzene rings is 4. The molecule has 0 heterocycles. The first-order chi connectivity index (χ1) is 11.8. The number of hydrogen-bond donors (Lipinski definition) is 1. The van der Waals surface area contributed by atoms with Crippen molar-refractivity contribution in [2.75, 3.05) is 0 Å². The average molecular weight is 314 g/mol. The molecule has 0 saturated heterocycles. The van der Waals surface area contributed by atoms with Crippen molar-refractivity contribution >= 4 is 28.9 Å². The zero-order valence-corrected chi connectivity index (χ0v) is 12.9. The van der Waals surface area contributed by atoms with E-state index in [-0.39, 0.29) is 0 Å². The highest BCUT2D eigenvalue weighted by molar-refractivity contribution is 6.37. The first-order valence-electron chi connectivity index (χ1n) is 7.77. The Morgan fingerprint density at radius 1 is 0.625 bits per heavy atom. The molecule has 4 rings (SSSR count). The molecule has 0 spiro atoms. The van der Waals surface area contributed by atoms with Crippen molar-refractivity contribution in [2.24, 2.45) is 0 Å². The molecule has 0 bridgehead atoms. The smallest absolute Gasteiger partial charge is 0.501 e. The van der Waals surface area contributed by atoms with E-state index in [9.17, 15) is 5.02 Å². The van der Waals surface area contributed by atoms with Crippen molar-refractivity contribution in [1.82, 2.24) is 0 Å². The van der Waals surface area contributed by atoms with Crippen LogP contribution in [0.15, 0.2) is 84.9 Å². The van der Waals surface area contributed by atoms with E-state index < -0.39 is 7.32 Å². The Balaban J connectivity index is 1.67. The van der Waals surface area contributed by atoms with Crippen molar-refractivity contribution in [3.63, 3.8) is 0 Å². The van der Waals surface area contributed by atoms with Gasteiger partial charge in [0.2, 0.25) is 0 Å². The molecule has 4 aromatic rings. The van der Waals surface area contributed by atoms with E-state index >= 15 is 0 Å². The van der Waals surface area contributed by atoms with Crippen molar-refractivity contribution in [2.45, 2.75) is 0 Å². The van der Waals surface area contributed by atoms with E-state index in [0.29, 0.717) is 11.5 Å². The van der Waals surface area contributed by atoms with Gasteiger partial charge in [0.1, 0.15) is 11.5 Å². The van der Waals surface area contributed by atoms with E-state index in [1.54, 1.807) is 12.1 Å². The second kappa shape index (κ2) is 6.26. The van der Waals surface area contributed by atoms with Crippen LogP contribution in [0.3, 0.4) is 0 Å². The second-order valence-corrected chi connectivity index (χ2v) is 5.53. The largest absolute Gasteiger partial charge is 0.785 e. The molecule has 0 aliphatic carbocycles. The Kier molecular flexibility index (Phi) is 3.81. The topological polar surface area (TPSA) is 38.7 Å². The fourth-order valence-electron chi connectivity index (χ4n) is 2.79. The van der Waals surface area contributed by atoms with Gasteiger partial charge < -0.3 is 14.3 Å². The predicted octanol–water partition coefficient (Wildman–Crippen LogP) is 4.43. The highest BCUT2D eigenvalue weighted by atomic mass is 16.7. The normalized spacial score (nSPS) is 10.7. The third-order valence-corrected chi connectivity index (χ3v) is 3.91. The van der Waals surface area contributed by atoms with E-state index in [1.807, 2.05) is 48.5 Å². The van der Waals surface area contributed by atoms with Crippen LogP contribution in [0.1, 0.15) is 0 Å². The van der Waals surface area contributed by atoms with E-state index in [1.165, 1.54) is 5.39 Å². The lowest BCUT2D eigenvalue weighted by Crippen LogP contribution is -2.29. The molecule has 0 aliphatic heterocycles. The van der Waals surface area contributed by atoms with Gasteiger partial charge in [-0.25, -0.2) is 0 Å². The highest BCUT2D eigenvalue weighted by Gasteiger charge is 2.22. The zero-order chi connectivity index (χ0) is 16.4. The van der Waals surface area contributed by atoms with Gasteiger partial charge in [-0.05, 0) is 46.5 Å². The summed E-state index contributed by atoms with van der Waals surface area (Å²) < 4.78 is 11.0. The lowest BCUT2D eigenvalue weighted by Gasteiger charge is -2.13. The molecular weight excluding hydrogens is 299 g/mol. The van der Waals surface area contributed by atoms with E-state index in [2.05, 4.69) is 24.3 Å². The molecule has 0 aromatic heterocycles. The van der Waals surface area contributed by atoms with Gasteiger partial charge in [0.15, 0.2) is 0 Å². The monoisotopic (exact) mass is 314 g/mol. The molecule has 0 radical (unpaired) electrons. The van der Waals surface area contributed by atoms with Gasteiger partial charge in [-0.15, -0.1) is 0 Å². The summed E-state index contributed by atoms with van der Waals surface area (Å²) in [4.78, 5) is 0. The summed E-state index contributed by atoms with van der Waals surface area (Å²) in [7, 11) is -1.37. The van der Waals surface area contributed by atoms with Crippen LogP contribution in [0, 0.1) is 0 Å². The van der Waals surface area contributed by atoms with Crippen LogP contribution < -0.4 is 9.31 Å². The summed E-state index contributed by atoms with van der Waals surface area (Å²) in [6.07, 6.45) is 0. The minimum atomic E-state index is -1.37. The molecular formula is C20H15BO3. The van der Waals surface area contributed by atoms with Crippen molar-refractivity contribution < 1.29 is 14.3 Å². The minimum absolute atomic E-state index is 0.552. The van der Waals surface area contributed by atoms with E-state index in [4.69, 9.17) is 9.31 Å². The molecule has 0 fully saturated rings. The van der Waals surface area contributed by atoms with Crippen LogP contribution in [0.5, 0.6) is 11.5 Å². The summed E-state index contributed by atoms with van der Waals surface area (Å²) in [6.45, 7) is 0. The summed E-state index contributed by atoms with van der Waals surface area (Å²) in [5.41, 5.74) is 0. The van der Waals surface area contributed by atoms with Crippen LogP contribution in [0.2, 0.25) is 0 Å². The maximum atomic E-state index is 10.1. The van der Waals surface area contributed by atoms with Gasteiger partial charge in [0.25, 0.3) is 0 Å². The quantitative estimate of drug-likeness (QED) is 0.447. The minimum Gasteiger partial charge on any atom is -0.501 e. The Morgan fingerprint density at radius 3 is 2.08 bits per heavy atom. The Labute approximate surface area is 140 Å². The number of hydrogen-bond acceptors (Lipinski definition) is 3. The molecule has 4 aromatic carbocycles. The zero-order valence-electron chi connectivity index (χ0n) is 12.9. The molecule has 0 atom stereocenters. The summed E-state index contributed by atoms with van der Waals surface area (Å²) >= 11 is 0. The molecule has 0 amide bonds. The van der Waals surface area contributed by atoms with Gasteiger partial charge >= 0.3 is 7.32 Å². The third-order valence-electron chi connectivity index (χ3n) is 3.91. The molecule has 0 saturated carbocycles. The lowest BCUT2D eigenvalue weighted by molar-refractivity contribution is 0.299.